The Morgan fingerprint density at radius 2 is 1.73 bits per heavy atom. The number of methoxy groups -OCH3 is 1. The van der Waals surface area contributed by atoms with Crippen molar-refractivity contribution in [3.63, 3.8) is 0 Å². The number of carbonyl (C=O) groups is 3. The molecular weight excluding hydrogens is 332 g/mol. The van der Waals surface area contributed by atoms with Crippen LogP contribution in [0.1, 0.15) is 34.8 Å². The number of hydrogen-bond donors (Lipinski definition) is 1. The second-order valence-electron chi connectivity index (χ2n) is 6.13. The lowest BCUT2D eigenvalue weighted by molar-refractivity contribution is -0.132. The summed E-state index contributed by atoms with van der Waals surface area (Å²) in [5, 5.41) is 2.86. The molecule has 0 spiro atoms. The van der Waals surface area contributed by atoms with E-state index in [0.29, 0.717) is 12.0 Å². The van der Waals surface area contributed by atoms with Gasteiger partial charge in [-0.25, -0.2) is 9.59 Å². The van der Waals surface area contributed by atoms with Crippen molar-refractivity contribution in [2.45, 2.75) is 25.4 Å². The number of amides is 3. The van der Waals surface area contributed by atoms with Gasteiger partial charge in [0, 0.05) is 0 Å². The van der Waals surface area contributed by atoms with Crippen LogP contribution in [0, 0.1) is 0 Å². The first kappa shape index (κ1) is 17.7. The van der Waals surface area contributed by atoms with Crippen molar-refractivity contribution in [1.82, 2.24) is 10.2 Å². The van der Waals surface area contributed by atoms with Crippen LogP contribution >= 0.6 is 0 Å². The Bertz CT molecular complexity index is 833. The standard InChI is InChI=1S/C20H20N2O4/c1-3-20(16-7-5-4-6-8-16)18(24)22(19(25)21-20)13-14-9-11-15(12-10-14)17(23)26-2/h4-12H,3,13H2,1-2H3,(H,21,25)/t20-/m0/s1. The molecule has 1 saturated heterocycles. The average Bonchev–Trinajstić information content (AvgIpc) is 2.93. The molecule has 1 aliphatic rings. The number of nitrogens with one attached hydrogen (secondary N) is 1. The fourth-order valence-electron chi connectivity index (χ4n) is 3.18. The van der Waals surface area contributed by atoms with Gasteiger partial charge >= 0.3 is 12.0 Å². The van der Waals surface area contributed by atoms with Gasteiger partial charge in [-0.15, -0.1) is 0 Å². The molecule has 0 radical (unpaired) electrons. The summed E-state index contributed by atoms with van der Waals surface area (Å²) in [5.41, 5.74) is 0.899. The van der Waals surface area contributed by atoms with Crippen LogP contribution < -0.4 is 5.32 Å². The molecule has 2 aromatic rings. The van der Waals surface area contributed by atoms with Gasteiger partial charge in [0.1, 0.15) is 5.54 Å². The van der Waals surface area contributed by atoms with E-state index in [1.54, 1.807) is 24.3 Å². The molecule has 0 aliphatic carbocycles. The number of imide groups is 1. The summed E-state index contributed by atoms with van der Waals surface area (Å²) in [7, 11) is 1.32. The van der Waals surface area contributed by atoms with Crippen molar-refractivity contribution in [1.29, 1.82) is 0 Å². The molecule has 1 N–H and O–H groups in total. The highest BCUT2D eigenvalue weighted by atomic mass is 16.5. The number of ether oxygens (including phenoxy) is 1. The molecule has 0 saturated carbocycles. The lowest BCUT2D eigenvalue weighted by Crippen LogP contribution is -2.43. The number of benzene rings is 2. The SMILES string of the molecule is CC[C@@]1(c2ccccc2)NC(=O)N(Cc2ccc(C(=O)OC)cc2)C1=O. The highest BCUT2D eigenvalue weighted by Gasteiger charge is 2.50. The van der Waals surface area contributed by atoms with Gasteiger partial charge < -0.3 is 10.1 Å². The zero-order valence-electron chi connectivity index (χ0n) is 14.7. The van der Waals surface area contributed by atoms with Crippen molar-refractivity contribution in [3.05, 3.63) is 71.3 Å². The normalized spacial score (nSPS) is 19.4. The Hall–Kier alpha value is -3.15. The van der Waals surface area contributed by atoms with Crippen molar-refractivity contribution < 1.29 is 19.1 Å². The van der Waals surface area contributed by atoms with Gasteiger partial charge in [0.25, 0.3) is 5.91 Å². The largest absolute Gasteiger partial charge is 0.465 e. The van der Waals surface area contributed by atoms with E-state index in [4.69, 9.17) is 0 Å². The molecule has 26 heavy (non-hydrogen) atoms. The molecule has 3 rings (SSSR count). The third-order valence-electron chi connectivity index (χ3n) is 4.69. The lowest BCUT2D eigenvalue weighted by Gasteiger charge is -2.25. The van der Waals surface area contributed by atoms with Gasteiger partial charge in [0.05, 0.1) is 19.2 Å². The second-order valence-corrected chi connectivity index (χ2v) is 6.13. The van der Waals surface area contributed by atoms with E-state index in [1.807, 2.05) is 37.3 Å². The monoisotopic (exact) mass is 352 g/mol. The smallest absolute Gasteiger partial charge is 0.337 e. The summed E-state index contributed by atoms with van der Waals surface area (Å²) in [4.78, 5) is 38.3. The van der Waals surface area contributed by atoms with E-state index in [1.165, 1.54) is 12.0 Å². The Labute approximate surface area is 151 Å². The molecule has 0 bridgehead atoms. The zero-order chi connectivity index (χ0) is 18.7. The summed E-state index contributed by atoms with van der Waals surface area (Å²) >= 11 is 0. The highest BCUT2D eigenvalue weighted by molar-refractivity contribution is 6.07. The number of urea groups is 1. The van der Waals surface area contributed by atoms with Crippen molar-refractivity contribution in [3.8, 4) is 0 Å². The maximum Gasteiger partial charge on any atom is 0.337 e. The second kappa shape index (κ2) is 7.00. The van der Waals surface area contributed by atoms with Crippen LogP contribution in [0.3, 0.4) is 0 Å². The van der Waals surface area contributed by atoms with Crippen LogP contribution in [-0.2, 0) is 21.6 Å². The zero-order valence-corrected chi connectivity index (χ0v) is 14.7. The minimum Gasteiger partial charge on any atom is -0.465 e. The van der Waals surface area contributed by atoms with Gasteiger partial charge in [0.15, 0.2) is 0 Å². The van der Waals surface area contributed by atoms with Gasteiger partial charge in [-0.05, 0) is 29.7 Å². The average molecular weight is 352 g/mol. The molecule has 0 aromatic heterocycles. The van der Waals surface area contributed by atoms with E-state index in [-0.39, 0.29) is 12.5 Å². The van der Waals surface area contributed by atoms with E-state index < -0.39 is 17.5 Å². The summed E-state index contributed by atoms with van der Waals surface area (Å²) < 4.78 is 4.67. The summed E-state index contributed by atoms with van der Waals surface area (Å²) in [6.45, 7) is 2.01. The van der Waals surface area contributed by atoms with Gasteiger partial charge in [-0.2, -0.15) is 0 Å². The molecule has 0 unspecified atom stereocenters. The molecule has 1 fully saturated rings. The quantitative estimate of drug-likeness (QED) is 0.663. The Morgan fingerprint density at radius 3 is 2.31 bits per heavy atom. The van der Waals surface area contributed by atoms with Crippen LogP contribution in [0.4, 0.5) is 4.79 Å². The van der Waals surface area contributed by atoms with Gasteiger partial charge in [-0.3, -0.25) is 9.69 Å². The minimum absolute atomic E-state index is 0.140. The third kappa shape index (κ3) is 2.94. The first-order chi connectivity index (χ1) is 12.5. The van der Waals surface area contributed by atoms with Gasteiger partial charge in [-0.1, -0.05) is 49.4 Å². The van der Waals surface area contributed by atoms with E-state index >= 15 is 0 Å². The Kier molecular flexibility index (Phi) is 4.75. The molecular formula is C20H20N2O4. The van der Waals surface area contributed by atoms with Crippen LogP contribution in [-0.4, -0.2) is 29.9 Å². The fourth-order valence-corrected chi connectivity index (χ4v) is 3.18. The Balaban J connectivity index is 1.84. The first-order valence-corrected chi connectivity index (χ1v) is 8.38. The predicted octanol–water partition coefficient (Wildman–Crippen LogP) is 2.83. The molecule has 6 heteroatoms. The topological polar surface area (TPSA) is 75.7 Å². The maximum atomic E-state index is 13.1. The van der Waals surface area contributed by atoms with Crippen molar-refractivity contribution in [2.24, 2.45) is 0 Å². The molecule has 6 nitrogen and oxygen atoms in total. The number of nitrogens with zero attached hydrogens (tertiary/aromatic N) is 1. The van der Waals surface area contributed by atoms with Crippen molar-refractivity contribution >= 4 is 17.9 Å². The summed E-state index contributed by atoms with van der Waals surface area (Å²) in [6.07, 6.45) is 0.458. The van der Waals surface area contributed by atoms with Crippen molar-refractivity contribution in [2.75, 3.05) is 7.11 Å². The fraction of sp³-hybridized carbons (Fsp3) is 0.250. The highest BCUT2D eigenvalue weighted by Crippen LogP contribution is 2.33. The van der Waals surface area contributed by atoms with Crippen LogP contribution in [0.5, 0.6) is 0 Å². The Morgan fingerprint density at radius 1 is 1.08 bits per heavy atom. The summed E-state index contributed by atoms with van der Waals surface area (Å²) in [6, 6.07) is 15.5. The molecule has 3 amide bonds. The van der Waals surface area contributed by atoms with Crippen LogP contribution in [0.2, 0.25) is 0 Å². The molecule has 134 valence electrons. The third-order valence-corrected chi connectivity index (χ3v) is 4.69. The summed E-state index contributed by atoms with van der Waals surface area (Å²) in [5.74, 6) is -0.700. The molecule has 1 atom stereocenters. The first-order valence-electron chi connectivity index (χ1n) is 8.38. The van der Waals surface area contributed by atoms with E-state index in [9.17, 15) is 14.4 Å². The number of hydrogen-bond acceptors (Lipinski definition) is 4. The maximum absolute atomic E-state index is 13.1. The molecule has 1 heterocycles. The van der Waals surface area contributed by atoms with E-state index in [2.05, 4.69) is 10.1 Å². The number of rotatable bonds is 5. The van der Waals surface area contributed by atoms with Gasteiger partial charge in [0.2, 0.25) is 0 Å². The molecule has 1 aliphatic heterocycles. The van der Waals surface area contributed by atoms with Crippen LogP contribution in [0.25, 0.3) is 0 Å². The molecule has 2 aromatic carbocycles. The lowest BCUT2D eigenvalue weighted by atomic mass is 9.87. The van der Waals surface area contributed by atoms with Crippen LogP contribution in [0.15, 0.2) is 54.6 Å². The number of esters is 1. The predicted molar refractivity (Wildman–Crippen MR) is 95.3 cm³/mol. The van der Waals surface area contributed by atoms with E-state index in [0.717, 1.165) is 11.1 Å². The number of carbonyl (C=O) groups excluding carboxylic acids is 3. The minimum atomic E-state index is -1.04.